The molecule has 0 radical (unpaired) electrons. The van der Waals surface area contributed by atoms with Crippen LogP contribution in [0.3, 0.4) is 0 Å². The van der Waals surface area contributed by atoms with Gasteiger partial charge in [-0.15, -0.1) is 0 Å². The third-order valence-electron chi connectivity index (χ3n) is 14.5. The average Bonchev–Trinajstić information content (AvgIpc) is 4.06. The van der Waals surface area contributed by atoms with Gasteiger partial charge in [0.2, 0.25) is 0 Å². The molecule has 0 spiro atoms. The Morgan fingerprint density at radius 3 is 1.79 bits per heavy atom. The van der Waals surface area contributed by atoms with Crippen LogP contribution in [0.2, 0.25) is 0 Å². The lowest BCUT2D eigenvalue weighted by Crippen LogP contribution is -2.28. The smallest absolute Gasteiger partial charge is 0.159 e. The largest absolute Gasteiger partial charge is 0.454 e. The quantitative estimate of drug-likeness (QED) is 0.159. The van der Waals surface area contributed by atoms with Crippen LogP contribution in [-0.4, -0.2) is 4.57 Å². The van der Waals surface area contributed by atoms with Crippen LogP contribution in [0.1, 0.15) is 22.3 Å². The molecule has 0 amide bonds. The van der Waals surface area contributed by atoms with Crippen molar-refractivity contribution in [2.75, 3.05) is 4.90 Å². The topological polar surface area (TPSA) is 21.3 Å². The Hall–Kier alpha value is -8.92. The highest BCUT2D eigenvalue weighted by Gasteiger charge is 2.46. The lowest BCUT2D eigenvalue weighted by molar-refractivity contribution is 0.669. The second kappa shape index (κ2) is 15.1. The van der Waals surface area contributed by atoms with Crippen LogP contribution in [0.4, 0.5) is 17.1 Å². The van der Waals surface area contributed by atoms with E-state index in [4.69, 9.17) is 4.42 Å². The van der Waals surface area contributed by atoms with E-state index < -0.39 is 5.41 Å². The Kier molecular flexibility index (Phi) is 8.50. The summed E-state index contributed by atoms with van der Waals surface area (Å²) in [6.07, 6.45) is 0. The van der Waals surface area contributed by atoms with Gasteiger partial charge in [0.05, 0.1) is 22.1 Å². The normalized spacial score (nSPS) is 12.8. The van der Waals surface area contributed by atoms with Gasteiger partial charge in [-0.2, -0.15) is 0 Å². The predicted octanol–water partition coefficient (Wildman–Crippen LogP) is 17.3. The monoisotopic (exact) mass is 866 g/mol. The fourth-order valence-electron chi connectivity index (χ4n) is 11.5. The molecule has 1 aliphatic carbocycles. The van der Waals surface area contributed by atoms with Gasteiger partial charge in [0.15, 0.2) is 5.58 Å². The fourth-order valence-corrected chi connectivity index (χ4v) is 11.5. The Morgan fingerprint density at radius 2 is 1.00 bits per heavy atom. The summed E-state index contributed by atoms with van der Waals surface area (Å²) in [5, 5.41) is 7.16. The van der Waals surface area contributed by atoms with E-state index in [1.54, 1.807) is 0 Å². The molecule has 1 aliphatic rings. The van der Waals surface area contributed by atoms with Gasteiger partial charge in [0, 0.05) is 44.0 Å². The van der Waals surface area contributed by atoms with Crippen molar-refractivity contribution >= 4 is 71.6 Å². The minimum absolute atomic E-state index is 0.543. The molecule has 2 aromatic heterocycles. The SMILES string of the molecule is c1ccc(-n2c3cc(-c4ccc(N(c5ccc6c(c5)C(c5ccccc5)(c5ccccc5)c5ccccc5-6)c5cccc6c5oc5ccccc56)cc4)ccc3c3ccc4ccccc4c32)cc1. The van der Waals surface area contributed by atoms with E-state index in [2.05, 4.69) is 258 Å². The van der Waals surface area contributed by atoms with Crippen molar-refractivity contribution in [1.29, 1.82) is 0 Å². The Bertz CT molecular complexity index is 4030. The van der Waals surface area contributed by atoms with Gasteiger partial charge in [-0.25, -0.2) is 0 Å². The summed E-state index contributed by atoms with van der Waals surface area (Å²) in [7, 11) is 0. The first-order valence-electron chi connectivity index (χ1n) is 23.4. The fraction of sp³-hybridized carbons (Fsp3) is 0.0154. The molecule has 0 N–H and O–H groups in total. The molecule has 0 atom stereocenters. The second-order valence-corrected chi connectivity index (χ2v) is 18.0. The van der Waals surface area contributed by atoms with E-state index in [9.17, 15) is 0 Å². The molecule has 2 heterocycles. The van der Waals surface area contributed by atoms with Crippen LogP contribution in [0.5, 0.6) is 0 Å². The molecule has 0 fully saturated rings. The summed E-state index contributed by atoms with van der Waals surface area (Å²) >= 11 is 0. The average molecular weight is 867 g/mol. The maximum absolute atomic E-state index is 6.82. The van der Waals surface area contributed by atoms with Crippen molar-refractivity contribution < 1.29 is 4.42 Å². The molecule has 13 aromatic rings. The summed E-state index contributed by atoms with van der Waals surface area (Å²) in [5.41, 5.74) is 17.6. The van der Waals surface area contributed by atoms with Gasteiger partial charge >= 0.3 is 0 Å². The molecular formula is C65H42N2O. The Balaban J connectivity index is 0.973. The van der Waals surface area contributed by atoms with Gasteiger partial charge in [-0.1, -0.05) is 200 Å². The maximum atomic E-state index is 6.82. The van der Waals surface area contributed by atoms with Gasteiger partial charge in [-0.3, -0.25) is 0 Å². The lowest BCUT2D eigenvalue weighted by atomic mass is 9.67. The molecule has 68 heavy (non-hydrogen) atoms. The first kappa shape index (κ1) is 38.4. The van der Waals surface area contributed by atoms with Crippen molar-refractivity contribution in [2.45, 2.75) is 5.41 Å². The highest BCUT2D eigenvalue weighted by atomic mass is 16.3. The minimum atomic E-state index is -0.543. The number of anilines is 3. The molecule has 0 aliphatic heterocycles. The number of fused-ring (bicyclic) bond motifs is 11. The van der Waals surface area contributed by atoms with E-state index in [1.165, 1.54) is 66.0 Å². The molecule has 0 saturated carbocycles. The van der Waals surface area contributed by atoms with E-state index >= 15 is 0 Å². The molecule has 14 rings (SSSR count). The third-order valence-corrected chi connectivity index (χ3v) is 14.5. The zero-order valence-electron chi connectivity index (χ0n) is 37.1. The van der Waals surface area contributed by atoms with Gasteiger partial charge in [0.1, 0.15) is 5.58 Å². The number of hydrogen-bond donors (Lipinski definition) is 0. The zero-order valence-corrected chi connectivity index (χ0v) is 37.1. The maximum Gasteiger partial charge on any atom is 0.159 e. The summed E-state index contributed by atoms with van der Waals surface area (Å²) in [4.78, 5) is 2.39. The van der Waals surface area contributed by atoms with Crippen molar-refractivity contribution in [1.82, 2.24) is 4.57 Å². The summed E-state index contributed by atoms with van der Waals surface area (Å²) in [5.74, 6) is 0. The molecule has 11 aromatic carbocycles. The van der Waals surface area contributed by atoms with Crippen molar-refractivity contribution in [3.8, 4) is 27.9 Å². The van der Waals surface area contributed by atoms with Gasteiger partial charge in [0.25, 0.3) is 0 Å². The van der Waals surface area contributed by atoms with Crippen molar-refractivity contribution in [3.05, 3.63) is 277 Å². The lowest BCUT2D eigenvalue weighted by Gasteiger charge is -2.35. The number of nitrogens with zero attached hydrogens (tertiary/aromatic N) is 2. The van der Waals surface area contributed by atoms with E-state index in [0.29, 0.717) is 0 Å². The second-order valence-electron chi connectivity index (χ2n) is 18.0. The summed E-state index contributed by atoms with van der Waals surface area (Å²) < 4.78 is 9.26. The molecule has 318 valence electrons. The number of para-hydroxylation sites is 3. The number of rotatable bonds is 7. The van der Waals surface area contributed by atoms with Crippen molar-refractivity contribution in [3.63, 3.8) is 0 Å². The highest BCUT2D eigenvalue weighted by molar-refractivity contribution is 6.19. The molecule has 0 saturated heterocycles. The van der Waals surface area contributed by atoms with Crippen LogP contribution >= 0.6 is 0 Å². The molecule has 0 unspecified atom stereocenters. The summed E-state index contributed by atoms with van der Waals surface area (Å²) in [6.45, 7) is 0. The van der Waals surface area contributed by atoms with Crippen LogP contribution in [-0.2, 0) is 5.41 Å². The van der Waals surface area contributed by atoms with Gasteiger partial charge < -0.3 is 13.9 Å². The van der Waals surface area contributed by atoms with Crippen LogP contribution in [0.25, 0.3) is 82.5 Å². The predicted molar refractivity (Wildman–Crippen MR) is 283 cm³/mol. The van der Waals surface area contributed by atoms with Gasteiger partial charge in [-0.05, 0) is 104 Å². The van der Waals surface area contributed by atoms with Crippen LogP contribution in [0.15, 0.2) is 259 Å². The van der Waals surface area contributed by atoms with E-state index in [-0.39, 0.29) is 0 Å². The molecule has 0 bridgehead atoms. The highest BCUT2D eigenvalue weighted by Crippen LogP contribution is 2.57. The minimum Gasteiger partial charge on any atom is -0.454 e. The Morgan fingerprint density at radius 1 is 0.382 bits per heavy atom. The zero-order chi connectivity index (χ0) is 44.8. The summed E-state index contributed by atoms with van der Waals surface area (Å²) in [6, 6.07) is 93.0. The van der Waals surface area contributed by atoms with E-state index in [1.807, 2.05) is 6.07 Å². The van der Waals surface area contributed by atoms with Crippen LogP contribution in [0, 0.1) is 0 Å². The number of furan rings is 1. The molecule has 3 nitrogen and oxygen atoms in total. The number of hydrogen-bond acceptors (Lipinski definition) is 2. The molecule has 3 heteroatoms. The van der Waals surface area contributed by atoms with Crippen molar-refractivity contribution in [2.24, 2.45) is 0 Å². The Labute approximate surface area is 394 Å². The van der Waals surface area contributed by atoms with E-state index in [0.717, 1.165) is 55.8 Å². The first-order chi connectivity index (χ1) is 33.7. The number of aromatic nitrogens is 1. The third kappa shape index (κ3) is 5.60. The number of benzene rings is 11. The van der Waals surface area contributed by atoms with Crippen LogP contribution < -0.4 is 4.90 Å². The standard InChI is InChI=1S/C65H42N2O/c1-4-18-46(19-5-1)65(47-20-6-2-7-21-47)58-28-14-12-25-52(58)53-40-37-50(42-59(53)65)66(60-29-16-27-57-55-26-13-15-30-62(55)68-64(57)60)49-35-31-43(32-36-49)45-34-38-54-56-39-33-44-17-10-11-24-51(44)63(56)67(61(54)41-45)48-22-8-3-9-23-48/h1-42H. The first-order valence-corrected chi connectivity index (χ1v) is 23.4. The molecular weight excluding hydrogens is 825 g/mol.